The van der Waals surface area contributed by atoms with Gasteiger partial charge in [0.2, 0.25) is 6.16 Å². The zero-order chi connectivity index (χ0) is 5.86. The van der Waals surface area contributed by atoms with E-state index in [2.05, 4.69) is 6.30 Å². The average Bonchev–Trinajstić information content (AvgIpc) is 1.27. The molecule has 0 radical (unpaired) electrons. The van der Waals surface area contributed by atoms with Crippen molar-refractivity contribution in [1.82, 2.24) is 0 Å². The Bertz CT molecular complexity index is 85.9. The van der Waals surface area contributed by atoms with Gasteiger partial charge in [-0.2, -0.15) is 0 Å². The van der Waals surface area contributed by atoms with Crippen LogP contribution in [-0.4, -0.2) is 30.2 Å². The van der Waals surface area contributed by atoms with Crippen molar-refractivity contribution in [3.05, 3.63) is 0 Å². The number of hydrogen-bond donors (Lipinski definition) is 1. The van der Waals surface area contributed by atoms with Crippen LogP contribution in [0.3, 0.4) is 0 Å². The minimum Gasteiger partial charge on any atom is -0.478 e. The molecule has 0 fully saturated rings. The number of carboxylic acids is 1. The molecule has 0 aliphatic carbocycles. The zero-order valence-electron chi connectivity index (χ0n) is 4.22. The van der Waals surface area contributed by atoms with Crippen LogP contribution >= 0.6 is 7.55 Å². The Hall–Kier alpha value is -0.360. The molecule has 0 saturated carbocycles. The van der Waals surface area contributed by atoms with Crippen LogP contribution in [0.1, 0.15) is 0 Å². The first-order valence-corrected chi connectivity index (χ1v) is 4.02. The van der Waals surface area contributed by atoms with Crippen LogP contribution in [0.2, 0.25) is 0 Å². The molecule has 0 spiro atoms. The van der Waals surface area contributed by atoms with Gasteiger partial charge < -0.3 is 5.11 Å². The third-order valence-electron chi connectivity index (χ3n) is 0.405. The van der Waals surface area contributed by atoms with Gasteiger partial charge in [0.05, 0.1) is 20.5 Å². The molecule has 0 aromatic heterocycles. The van der Waals surface area contributed by atoms with Crippen LogP contribution in [0.5, 0.6) is 0 Å². The number of carboxylic acid groups (broad SMARTS) is 1. The summed E-state index contributed by atoms with van der Waals surface area (Å²) in [6, 6.07) is 0. The van der Waals surface area contributed by atoms with Crippen LogP contribution in [-0.2, 0) is 4.79 Å². The van der Waals surface area contributed by atoms with Crippen LogP contribution in [0.25, 0.3) is 0 Å². The molecule has 2 nitrogen and oxygen atoms in total. The Balaban J connectivity index is 3.32. The lowest BCUT2D eigenvalue weighted by atomic mass is 10.8. The van der Waals surface area contributed by atoms with Gasteiger partial charge in [-0.05, 0) is 0 Å². The molecule has 1 atom stereocenters. The predicted octanol–water partition coefficient (Wildman–Crippen LogP) is 0.615. The van der Waals surface area contributed by atoms with E-state index in [1.165, 1.54) is 0 Å². The third-order valence-corrected chi connectivity index (χ3v) is 1.22. The fourth-order valence-electron chi connectivity index (χ4n) is 0.231. The predicted molar refractivity (Wildman–Crippen MR) is 32.5 cm³/mol. The van der Waals surface area contributed by atoms with E-state index >= 15 is 0 Å². The normalized spacial score (nSPS) is 10.7. The standard InChI is InChI=1S/C4H7O2P/c1-7(2)3-4(5)6/h1,3H2,2H3/p+1. The lowest BCUT2D eigenvalue weighted by Gasteiger charge is -1.76. The summed E-state index contributed by atoms with van der Waals surface area (Å²) in [5.74, 6) is -0.747. The van der Waals surface area contributed by atoms with E-state index in [0.717, 1.165) is 0 Å². The highest BCUT2D eigenvalue weighted by Gasteiger charge is 2.02. The van der Waals surface area contributed by atoms with E-state index in [0.29, 0.717) is 0 Å². The van der Waals surface area contributed by atoms with Crippen LogP contribution in [0, 0.1) is 0 Å². The minimum atomic E-state index is -0.747. The first-order chi connectivity index (χ1) is 3.13. The van der Waals surface area contributed by atoms with Gasteiger partial charge in [-0.1, -0.05) is 0 Å². The summed E-state index contributed by atoms with van der Waals surface area (Å²) in [7, 11) is -0.489. The summed E-state index contributed by atoms with van der Waals surface area (Å²) in [6.07, 6.45) is 3.79. The lowest BCUT2D eigenvalue weighted by molar-refractivity contribution is -0.133. The molecule has 0 bridgehead atoms. The first kappa shape index (κ1) is 6.64. The number of rotatable bonds is 2. The molecule has 0 aliphatic heterocycles. The van der Waals surface area contributed by atoms with Crippen molar-refractivity contribution in [2.24, 2.45) is 0 Å². The second kappa shape index (κ2) is 2.75. The van der Waals surface area contributed by atoms with Crippen molar-refractivity contribution in [2.75, 3.05) is 12.8 Å². The molecule has 0 rings (SSSR count). The highest BCUT2D eigenvalue weighted by molar-refractivity contribution is 7.55. The summed E-state index contributed by atoms with van der Waals surface area (Å²) >= 11 is 0. The van der Waals surface area contributed by atoms with E-state index in [1.807, 2.05) is 6.66 Å². The first-order valence-electron chi connectivity index (χ1n) is 1.86. The van der Waals surface area contributed by atoms with Crippen LogP contribution in [0.4, 0.5) is 0 Å². The van der Waals surface area contributed by atoms with Gasteiger partial charge >= 0.3 is 5.97 Å². The van der Waals surface area contributed by atoms with Gasteiger partial charge in [0.25, 0.3) is 0 Å². The maximum absolute atomic E-state index is 9.79. The highest BCUT2D eigenvalue weighted by atomic mass is 31.1. The van der Waals surface area contributed by atoms with Crippen LogP contribution in [0.15, 0.2) is 0 Å². The van der Waals surface area contributed by atoms with Gasteiger partial charge in [0.15, 0.2) is 0 Å². The van der Waals surface area contributed by atoms with Gasteiger partial charge in [0.1, 0.15) is 0 Å². The molecule has 40 valence electrons. The van der Waals surface area contributed by atoms with Gasteiger partial charge in [-0.15, -0.1) is 0 Å². The van der Waals surface area contributed by atoms with E-state index < -0.39 is 13.5 Å². The third kappa shape index (κ3) is 5.64. The quantitative estimate of drug-likeness (QED) is 0.541. The zero-order valence-corrected chi connectivity index (χ0v) is 5.11. The molecule has 0 heterocycles. The lowest BCUT2D eigenvalue weighted by Crippen LogP contribution is -1.96. The Morgan fingerprint density at radius 2 is 2.43 bits per heavy atom. The summed E-state index contributed by atoms with van der Waals surface area (Å²) in [6.45, 7) is 1.84. The van der Waals surface area contributed by atoms with Gasteiger partial charge in [-0.3, -0.25) is 0 Å². The van der Waals surface area contributed by atoms with Crippen molar-refractivity contribution in [2.45, 2.75) is 0 Å². The topological polar surface area (TPSA) is 37.3 Å². The molecule has 1 N–H and O–H groups in total. The number of aliphatic carboxylic acids is 1. The Labute approximate surface area is 43.5 Å². The molecule has 0 amide bonds. The average molecular weight is 119 g/mol. The molecule has 0 aromatic carbocycles. The number of hydrogen-bond acceptors (Lipinski definition) is 1. The van der Waals surface area contributed by atoms with E-state index in [9.17, 15) is 4.79 Å². The van der Waals surface area contributed by atoms with Crippen molar-refractivity contribution < 1.29 is 9.90 Å². The Morgan fingerprint density at radius 1 is 2.00 bits per heavy atom. The molecular weight excluding hydrogens is 111 g/mol. The van der Waals surface area contributed by atoms with E-state index in [4.69, 9.17) is 5.11 Å². The SMILES string of the molecule is C=[P+](C)CC(=O)O. The van der Waals surface area contributed by atoms with E-state index in [1.54, 1.807) is 0 Å². The molecule has 0 aromatic rings. The molecular formula is C4H8O2P+. The smallest absolute Gasteiger partial charge is 0.348 e. The fraction of sp³-hybridized carbons (Fsp3) is 0.500. The molecule has 1 unspecified atom stereocenters. The van der Waals surface area contributed by atoms with Gasteiger partial charge in [0, 0.05) is 0 Å². The molecule has 0 aliphatic rings. The van der Waals surface area contributed by atoms with E-state index in [-0.39, 0.29) is 6.16 Å². The van der Waals surface area contributed by atoms with Crippen molar-refractivity contribution >= 4 is 19.8 Å². The Kier molecular flexibility index (Phi) is 2.61. The molecule has 3 heteroatoms. The monoisotopic (exact) mass is 119 g/mol. The van der Waals surface area contributed by atoms with Gasteiger partial charge in [-0.25, -0.2) is 4.79 Å². The largest absolute Gasteiger partial charge is 0.478 e. The number of carbonyl (C=O) groups is 1. The molecule has 0 saturated heterocycles. The summed E-state index contributed by atoms with van der Waals surface area (Å²) in [5.41, 5.74) is 0. The van der Waals surface area contributed by atoms with Crippen LogP contribution < -0.4 is 0 Å². The maximum atomic E-state index is 9.79. The maximum Gasteiger partial charge on any atom is 0.348 e. The summed E-state index contributed by atoms with van der Waals surface area (Å²) in [5, 5.41) is 8.06. The summed E-state index contributed by atoms with van der Waals surface area (Å²) < 4.78 is 0. The van der Waals surface area contributed by atoms with Crippen molar-refractivity contribution in [1.29, 1.82) is 0 Å². The Morgan fingerprint density at radius 3 is 2.43 bits per heavy atom. The molecule has 7 heavy (non-hydrogen) atoms. The van der Waals surface area contributed by atoms with Crippen molar-refractivity contribution in [3.63, 3.8) is 0 Å². The summed E-state index contributed by atoms with van der Waals surface area (Å²) in [4.78, 5) is 9.79. The minimum absolute atomic E-state index is 0.231. The second-order valence-electron chi connectivity index (χ2n) is 1.41. The second-order valence-corrected chi connectivity index (χ2v) is 3.44. The fourth-order valence-corrected chi connectivity index (χ4v) is 0.693. The highest BCUT2D eigenvalue weighted by Crippen LogP contribution is 2.09. The van der Waals surface area contributed by atoms with Crippen molar-refractivity contribution in [3.8, 4) is 0 Å².